The van der Waals surface area contributed by atoms with Crippen LogP contribution < -0.4 is 10.2 Å². The molecule has 6 heterocycles. The SMILES string of the molecule is Fc1cc(F)c(-c2ccnc3c(-c4cccc5[nH]ncc45)c(-c4ccncc4)nn23)c(N2C[C@@H]3C[C@H]2CN3)c1. The van der Waals surface area contributed by atoms with Crippen molar-refractivity contribution in [2.75, 3.05) is 18.0 Å². The molecule has 2 N–H and O–H groups in total. The summed E-state index contributed by atoms with van der Waals surface area (Å²) < 4.78 is 32.1. The molecular weight excluding hydrogens is 498 g/mol. The van der Waals surface area contributed by atoms with Crippen molar-refractivity contribution in [2.45, 2.75) is 18.5 Å². The summed E-state index contributed by atoms with van der Waals surface area (Å²) in [6.07, 6.45) is 7.82. The maximum absolute atomic E-state index is 15.8. The zero-order chi connectivity index (χ0) is 26.1. The van der Waals surface area contributed by atoms with E-state index in [1.165, 1.54) is 6.07 Å². The Hall–Kier alpha value is -4.70. The van der Waals surface area contributed by atoms with Crippen LogP contribution >= 0.6 is 0 Å². The van der Waals surface area contributed by atoms with Crippen LogP contribution in [0.2, 0.25) is 0 Å². The number of pyridine rings is 1. The molecule has 39 heavy (non-hydrogen) atoms. The zero-order valence-corrected chi connectivity index (χ0v) is 20.6. The molecule has 0 spiro atoms. The molecule has 0 aliphatic carbocycles. The van der Waals surface area contributed by atoms with Gasteiger partial charge < -0.3 is 10.2 Å². The fraction of sp³-hybridized carbons (Fsp3) is 0.172. The summed E-state index contributed by atoms with van der Waals surface area (Å²) in [5, 5.41) is 16.7. The third-order valence-corrected chi connectivity index (χ3v) is 7.88. The second-order valence-corrected chi connectivity index (χ2v) is 10.1. The first-order valence-corrected chi connectivity index (χ1v) is 12.9. The third-order valence-electron chi connectivity index (χ3n) is 7.88. The van der Waals surface area contributed by atoms with Crippen molar-refractivity contribution >= 4 is 22.2 Å². The molecule has 2 atom stereocenters. The Bertz CT molecular complexity index is 1880. The van der Waals surface area contributed by atoms with Gasteiger partial charge in [0.05, 0.1) is 34.2 Å². The number of piperazine rings is 1. The lowest BCUT2D eigenvalue weighted by atomic mass is 9.99. The van der Waals surface area contributed by atoms with Crippen LogP contribution in [0.25, 0.3) is 50.2 Å². The minimum Gasteiger partial charge on any atom is -0.365 e. The van der Waals surface area contributed by atoms with Gasteiger partial charge in [-0.15, -0.1) is 0 Å². The number of fused-ring (bicyclic) bond motifs is 4. The summed E-state index contributed by atoms with van der Waals surface area (Å²) in [4.78, 5) is 11.0. The van der Waals surface area contributed by atoms with Crippen LogP contribution in [0.1, 0.15) is 6.42 Å². The van der Waals surface area contributed by atoms with Crippen LogP contribution in [0.3, 0.4) is 0 Å². The van der Waals surface area contributed by atoms with Gasteiger partial charge in [-0.05, 0) is 42.3 Å². The van der Waals surface area contributed by atoms with Crippen LogP contribution in [-0.4, -0.2) is 55.0 Å². The molecule has 192 valence electrons. The number of rotatable bonds is 4. The number of nitrogens with one attached hydrogen (secondary N) is 2. The molecule has 2 fully saturated rings. The van der Waals surface area contributed by atoms with E-state index < -0.39 is 11.6 Å². The summed E-state index contributed by atoms with van der Waals surface area (Å²) in [5.74, 6) is -1.23. The summed E-state index contributed by atoms with van der Waals surface area (Å²) in [6, 6.07) is 14.3. The average molecular weight is 521 g/mol. The van der Waals surface area contributed by atoms with Crippen LogP contribution in [0.4, 0.5) is 14.5 Å². The molecule has 2 saturated heterocycles. The van der Waals surface area contributed by atoms with E-state index in [0.717, 1.165) is 46.6 Å². The Morgan fingerprint density at radius 3 is 2.69 bits per heavy atom. The Labute approximate surface area is 221 Å². The first-order chi connectivity index (χ1) is 19.2. The van der Waals surface area contributed by atoms with Gasteiger partial charge in [0.2, 0.25) is 0 Å². The number of benzene rings is 2. The highest BCUT2D eigenvalue weighted by atomic mass is 19.1. The minimum atomic E-state index is -0.632. The van der Waals surface area contributed by atoms with E-state index in [1.807, 2.05) is 30.3 Å². The average Bonchev–Trinajstić information content (AvgIpc) is 3.76. The molecule has 8 rings (SSSR count). The highest BCUT2D eigenvalue weighted by molar-refractivity contribution is 6.03. The quantitative estimate of drug-likeness (QED) is 0.346. The van der Waals surface area contributed by atoms with Crippen LogP contribution in [-0.2, 0) is 0 Å². The molecule has 2 aliphatic heterocycles. The molecule has 2 aliphatic rings. The first kappa shape index (κ1) is 22.3. The summed E-state index contributed by atoms with van der Waals surface area (Å²) in [6.45, 7) is 1.49. The number of anilines is 1. The number of nitrogens with zero attached hydrogens (tertiary/aromatic N) is 6. The normalized spacial score (nSPS) is 18.6. The van der Waals surface area contributed by atoms with Gasteiger partial charge >= 0.3 is 0 Å². The highest BCUT2D eigenvalue weighted by Gasteiger charge is 2.39. The fourth-order valence-corrected chi connectivity index (χ4v) is 6.18. The standard InChI is InChI=1S/C29H22F2N8/c30-17-10-22(31)27(25(11-17)38-15-18-12-19(38)13-34-18)24-6-9-33-29-26(20-2-1-3-23-21(20)14-35-36-23)28(37-39(24)29)16-4-7-32-8-5-16/h1-11,14,18-19,34H,12-13,15H2,(H,35,36)/t18-,19-/m0/s1. The monoisotopic (exact) mass is 520 g/mol. The van der Waals surface area contributed by atoms with E-state index in [0.29, 0.717) is 40.9 Å². The molecule has 0 amide bonds. The lowest BCUT2D eigenvalue weighted by molar-refractivity contribution is 0.565. The van der Waals surface area contributed by atoms with Crippen molar-refractivity contribution in [1.82, 2.24) is 35.1 Å². The maximum Gasteiger partial charge on any atom is 0.164 e. The number of aromatic nitrogens is 6. The second-order valence-electron chi connectivity index (χ2n) is 10.1. The van der Waals surface area contributed by atoms with Crippen LogP contribution in [0, 0.1) is 11.6 Å². The Balaban J connectivity index is 1.43. The second kappa shape index (κ2) is 8.40. The van der Waals surface area contributed by atoms with Crippen molar-refractivity contribution in [2.24, 2.45) is 0 Å². The molecule has 0 unspecified atom stereocenters. The Kier molecular flexibility index (Phi) is 4.80. The summed E-state index contributed by atoms with van der Waals surface area (Å²) in [5.41, 5.74) is 6.02. The predicted octanol–water partition coefficient (Wildman–Crippen LogP) is 4.83. The number of hydrogen-bond donors (Lipinski definition) is 2. The van der Waals surface area contributed by atoms with Gasteiger partial charge in [-0.3, -0.25) is 10.1 Å². The predicted molar refractivity (Wildman–Crippen MR) is 144 cm³/mol. The molecule has 4 aromatic heterocycles. The zero-order valence-electron chi connectivity index (χ0n) is 20.6. The molecule has 2 aromatic carbocycles. The van der Waals surface area contributed by atoms with Crippen molar-refractivity contribution in [3.05, 3.63) is 85.0 Å². The van der Waals surface area contributed by atoms with Gasteiger partial charge in [0.1, 0.15) is 17.3 Å². The van der Waals surface area contributed by atoms with E-state index in [9.17, 15) is 4.39 Å². The third kappa shape index (κ3) is 3.38. The van der Waals surface area contributed by atoms with Crippen LogP contribution in [0.15, 0.2) is 73.3 Å². The van der Waals surface area contributed by atoms with Gasteiger partial charge in [0.25, 0.3) is 0 Å². The molecule has 0 radical (unpaired) electrons. The number of hydrogen-bond acceptors (Lipinski definition) is 6. The summed E-state index contributed by atoms with van der Waals surface area (Å²) >= 11 is 0. The molecule has 8 nitrogen and oxygen atoms in total. The van der Waals surface area contributed by atoms with E-state index >= 15 is 4.39 Å². The van der Waals surface area contributed by atoms with E-state index in [-0.39, 0.29) is 6.04 Å². The van der Waals surface area contributed by atoms with Gasteiger partial charge in [-0.1, -0.05) is 12.1 Å². The molecule has 6 aromatic rings. The number of aromatic amines is 1. The lowest BCUT2D eigenvalue weighted by Gasteiger charge is -2.31. The Morgan fingerprint density at radius 2 is 1.87 bits per heavy atom. The smallest absolute Gasteiger partial charge is 0.164 e. The lowest BCUT2D eigenvalue weighted by Crippen LogP contribution is -2.44. The van der Waals surface area contributed by atoms with Crippen molar-refractivity contribution in [3.8, 4) is 33.6 Å². The molecule has 10 heteroatoms. The van der Waals surface area contributed by atoms with Crippen LogP contribution in [0.5, 0.6) is 0 Å². The molecule has 2 bridgehead atoms. The molecule has 0 saturated carbocycles. The molecular formula is C29H22F2N8. The largest absolute Gasteiger partial charge is 0.365 e. The van der Waals surface area contributed by atoms with Crippen molar-refractivity contribution in [1.29, 1.82) is 0 Å². The van der Waals surface area contributed by atoms with Crippen molar-refractivity contribution < 1.29 is 8.78 Å². The van der Waals surface area contributed by atoms with E-state index in [2.05, 4.69) is 25.4 Å². The van der Waals surface area contributed by atoms with Gasteiger partial charge in [0.15, 0.2) is 5.65 Å². The summed E-state index contributed by atoms with van der Waals surface area (Å²) in [7, 11) is 0. The topological polar surface area (TPSA) is 87.0 Å². The highest BCUT2D eigenvalue weighted by Crippen LogP contribution is 2.42. The van der Waals surface area contributed by atoms with E-state index in [1.54, 1.807) is 35.4 Å². The number of H-pyrrole nitrogens is 1. The maximum atomic E-state index is 15.8. The first-order valence-electron chi connectivity index (χ1n) is 12.9. The van der Waals surface area contributed by atoms with Gasteiger partial charge in [-0.25, -0.2) is 18.3 Å². The Morgan fingerprint density at radius 1 is 0.974 bits per heavy atom. The van der Waals surface area contributed by atoms with Gasteiger partial charge in [-0.2, -0.15) is 10.2 Å². The van der Waals surface area contributed by atoms with E-state index in [4.69, 9.17) is 10.1 Å². The number of halogens is 2. The minimum absolute atomic E-state index is 0.187. The van der Waals surface area contributed by atoms with Gasteiger partial charge in [0, 0.05) is 60.8 Å². The van der Waals surface area contributed by atoms with Crippen molar-refractivity contribution in [3.63, 3.8) is 0 Å². The fourth-order valence-electron chi connectivity index (χ4n) is 6.18.